The third kappa shape index (κ3) is 2.97. The van der Waals surface area contributed by atoms with Gasteiger partial charge in [-0.2, -0.15) is 0 Å². The second kappa shape index (κ2) is 6.83. The van der Waals surface area contributed by atoms with Crippen molar-refractivity contribution in [3.05, 3.63) is 71.8 Å². The third-order valence-electron chi connectivity index (χ3n) is 5.45. The normalized spacial score (nSPS) is 26.7. The van der Waals surface area contributed by atoms with Crippen LogP contribution >= 0.6 is 0 Å². The van der Waals surface area contributed by atoms with Crippen molar-refractivity contribution in [2.75, 3.05) is 0 Å². The molecule has 1 saturated carbocycles. The number of nitrogens with zero attached hydrogens (tertiary/aromatic N) is 2. The van der Waals surface area contributed by atoms with Gasteiger partial charge >= 0.3 is 12.2 Å². The van der Waals surface area contributed by atoms with E-state index in [2.05, 4.69) is 0 Å². The standard InChI is InChI=1S/C21H20N2O5/c24-20(26-12-14-7-3-1-4-8-14)22-16-11-17(19-18(16)28-19)23(22)21(25)27-13-15-9-5-2-6-10-15/h1-10,16-19H,11-13H2. The fourth-order valence-corrected chi connectivity index (χ4v) is 4.09. The van der Waals surface area contributed by atoms with Crippen molar-refractivity contribution in [1.82, 2.24) is 10.0 Å². The van der Waals surface area contributed by atoms with Gasteiger partial charge in [0.25, 0.3) is 0 Å². The molecule has 3 fully saturated rings. The molecule has 1 aliphatic carbocycles. The number of hydrogen-bond acceptors (Lipinski definition) is 5. The number of benzene rings is 2. The summed E-state index contributed by atoms with van der Waals surface area (Å²) in [6.45, 7) is 0.296. The van der Waals surface area contributed by atoms with E-state index in [9.17, 15) is 9.59 Å². The largest absolute Gasteiger partial charge is 0.443 e. The predicted molar refractivity (Wildman–Crippen MR) is 97.8 cm³/mol. The first kappa shape index (κ1) is 17.1. The van der Waals surface area contributed by atoms with Crippen LogP contribution < -0.4 is 0 Å². The van der Waals surface area contributed by atoms with Gasteiger partial charge in [0, 0.05) is 0 Å². The highest BCUT2D eigenvalue weighted by Gasteiger charge is 2.69. The summed E-state index contributed by atoms with van der Waals surface area (Å²) in [4.78, 5) is 25.5. The molecule has 5 rings (SSSR count). The molecule has 7 nitrogen and oxygen atoms in total. The van der Waals surface area contributed by atoms with E-state index in [0.29, 0.717) is 6.42 Å². The fourth-order valence-electron chi connectivity index (χ4n) is 4.09. The molecule has 0 aromatic heterocycles. The second-order valence-corrected chi connectivity index (χ2v) is 7.21. The van der Waals surface area contributed by atoms with Gasteiger partial charge in [-0.3, -0.25) is 0 Å². The number of carbonyl (C=O) groups excluding carboxylic acids is 2. The Morgan fingerprint density at radius 3 is 1.64 bits per heavy atom. The molecular formula is C21H20N2O5. The number of hydrogen-bond donors (Lipinski definition) is 0. The minimum Gasteiger partial charge on any atom is -0.443 e. The Labute approximate surface area is 162 Å². The number of hydrazine groups is 1. The van der Waals surface area contributed by atoms with Crippen molar-refractivity contribution in [1.29, 1.82) is 0 Å². The van der Waals surface area contributed by atoms with E-state index in [1.165, 1.54) is 10.0 Å². The van der Waals surface area contributed by atoms with Gasteiger partial charge in [-0.15, -0.1) is 0 Å². The molecule has 2 amide bonds. The Balaban J connectivity index is 1.27. The zero-order valence-electron chi connectivity index (χ0n) is 15.1. The molecule has 2 bridgehead atoms. The third-order valence-corrected chi connectivity index (χ3v) is 5.45. The van der Waals surface area contributed by atoms with Crippen molar-refractivity contribution in [3.63, 3.8) is 0 Å². The molecular weight excluding hydrogens is 360 g/mol. The average molecular weight is 380 g/mol. The van der Waals surface area contributed by atoms with Crippen molar-refractivity contribution in [2.45, 2.75) is 43.9 Å². The zero-order chi connectivity index (χ0) is 19.1. The summed E-state index contributed by atoms with van der Waals surface area (Å²) in [5, 5.41) is 2.77. The summed E-state index contributed by atoms with van der Waals surface area (Å²) >= 11 is 0. The molecule has 144 valence electrons. The van der Waals surface area contributed by atoms with E-state index >= 15 is 0 Å². The van der Waals surface area contributed by atoms with Crippen LogP contribution in [0.15, 0.2) is 60.7 Å². The maximum Gasteiger partial charge on any atom is 0.429 e. The zero-order valence-corrected chi connectivity index (χ0v) is 15.1. The first-order valence-electron chi connectivity index (χ1n) is 9.37. The molecule has 4 unspecified atom stereocenters. The SMILES string of the molecule is O=C(OCc1ccccc1)N1C2CC(C3OC32)N1C(=O)OCc1ccccc1. The minimum absolute atomic E-state index is 0.00699. The van der Waals surface area contributed by atoms with Gasteiger partial charge in [-0.1, -0.05) is 60.7 Å². The van der Waals surface area contributed by atoms with E-state index in [1.54, 1.807) is 0 Å². The summed E-state index contributed by atoms with van der Waals surface area (Å²) in [7, 11) is 0. The van der Waals surface area contributed by atoms with Crippen LogP contribution in [0.2, 0.25) is 0 Å². The fraction of sp³-hybridized carbons (Fsp3) is 0.333. The summed E-state index contributed by atoms with van der Waals surface area (Å²) < 4.78 is 16.5. The Morgan fingerprint density at radius 1 is 0.786 bits per heavy atom. The Morgan fingerprint density at radius 2 is 1.21 bits per heavy atom. The second-order valence-electron chi connectivity index (χ2n) is 7.21. The van der Waals surface area contributed by atoms with Crippen LogP contribution in [0, 0.1) is 0 Å². The van der Waals surface area contributed by atoms with E-state index in [1.807, 2.05) is 60.7 Å². The topological polar surface area (TPSA) is 71.6 Å². The van der Waals surface area contributed by atoms with E-state index < -0.39 is 12.2 Å². The van der Waals surface area contributed by atoms with Crippen LogP contribution in [0.3, 0.4) is 0 Å². The maximum atomic E-state index is 12.8. The van der Waals surface area contributed by atoms with Gasteiger partial charge in [0.1, 0.15) is 25.4 Å². The van der Waals surface area contributed by atoms with Crippen molar-refractivity contribution in [3.8, 4) is 0 Å². The lowest BCUT2D eigenvalue weighted by Crippen LogP contribution is -2.56. The maximum absolute atomic E-state index is 12.8. The molecule has 3 aliphatic rings. The van der Waals surface area contributed by atoms with Crippen molar-refractivity contribution >= 4 is 12.2 Å². The summed E-state index contributed by atoms with van der Waals surface area (Å²) in [5.74, 6) is 0. The number of rotatable bonds is 4. The van der Waals surface area contributed by atoms with Crippen LogP contribution in [-0.4, -0.2) is 46.5 Å². The Hall–Kier alpha value is -3.06. The minimum atomic E-state index is -0.554. The molecule has 2 aromatic carbocycles. The molecule has 0 N–H and O–H groups in total. The van der Waals surface area contributed by atoms with Gasteiger partial charge in [0.15, 0.2) is 0 Å². The van der Waals surface area contributed by atoms with Gasteiger partial charge in [-0.05, 0) is 17.5 Å². The highest BCUT2D eigenvalue weighted by Crippen LogP contribution is 2.50. The number of carbonyl (C=O) groups is 2. The van der Waals surface area contributed by atoms with Gasteiger partial charge in [-0.25, -0.2) is 19.6 Å². The highest BCUT2D eigenvalue weighted by atomic mass is 16.6. The smallest absolute Gasteiger partial charge is 0.429 e. The van der Waals surface area contributed by atoms with Crippen LogP contribution in [0.25, 0.3) is 0 Å². The molecule has 2 aromatic rings. The first-order valence-corrected chi connectivity index (χ1v) is 9.37. The summed E-state index contributed by atoms with van der Waals surface area (Å²) in [6.07, 6.45) is -0.431. The van der Waals surface area contributed by atoms with Crippen LogP contribution in [0.4, 0.5) is 9.59 Å². The van der Waals surface area contributed by atoms with Gasteiger partial charge < -0.3 is 14.2 Å². The van der Waals surface area contributed by atoms with Crippen molar-refractivity contribution < 1.29 is 23.8 Å². The van der Waals surface area contributed by atoms with Gasteiger partial charge in [0.2, 0.25) is 0 Å². The number of amides is 2. The molecule has 7 heteroatoms. The lowest BCUT2D eigenvalue weighted by molar-refractivity contribution is -0.0358. The molecule has 2 aliphatic heterocycles. The predicted octanol–water partition coefficient (Wildman–Crippen LogP) is 3.10. The lowest BCUT2D eigenvalue weighted by atomic mass is 10.2. The van der Waals surface area contributed by atoms with Gasteiger partial charge in [0.05, 0.1) is 12.1 Å². The molecule has 4 atom stereocenters. The molecule has 2 heterocycles. The van der Waals surface area contributed by atoms with E-state index in [-0.39, 0.29) is 37.5 Å². The number of ether oxygens (including phenoxy) is 3. The Bertz CT molecular complexity index is 803. The molecule has 28 heavy (non-hydrogen) atoms. The lowest BCUT2D eigenvalue weighted by Gasteiger charge is -2.34. The molecule has 2 saturated heterocycles. The average Bonchev–Trinajstić information content (AvgIpc) is 3.36. The quantitative estimate of drug-likeness (QED) is 0.762. The monoisotopic (exact) mass is 380 g/mol. The molecule has 0 radical (unpaired) electrons. The van der Waals surface area contributed by atoms with E-state index in [0.717, 1.165) is 11.1 Å². The van der Waals surface area contributed by atoms with Crippen LogP contribution in [0.1, 0.15) is 17.5 Å². The number of epoxide rings is 1. The summed E-state index contributed by atoms with van der Waals surface area (Å²) in [5.41, 5.74) is 1.78. The van der Waals surface area contributed by atoms with Crippen LogP contribution in [0.5, 0.6) is 0 Å². The highest BCUT2D eigenvalue weighted by molar-refractivity contribution is 5.76. The van der Waals surface area contributed by atoms with Crippen molar-refractivity contribution in [2.24, 2.45) is 0 Å². The Kier molecular flexibility index (Phi) is 4.16. The van der Waals surface area contributed by atoms with Crippen LogP contribution in [-0.2, 0) is 27.4 Å². The van der Waals surface area contributed by atoms with E-state index in [4.69, 9.17) is 14.2 Å². The first-order chi connectivity index (χ1) is 13.7. The summed E-state index contributed by atoms with van der Waals surface area (Å²) in [6, 6.07) is 18.5. The number of fused-ring (bicyclic) bond motifs is 5. The molecule has 0 spiro atoms.